The molecule has 1 saturated carbocycles. The van der Waals surface area contributed by atoms with Gasteiger partial charge in [0.15, 0.2) is 17.5 Å². The monoisotopic (exact) mass is 343 g/mol. The highest BCUT2D eigenvalue weighted by atomic mass is 16.5. The standard InChI is InChI=1S/C20H29N3O2/c1-2-21-19(23-10-9-20(15-23)7-3-8-20)22-14-16-5-6-17-18(13-16)25-12-4-11-24-17/h5-6,13H,2-4,7-12,14-15H2,1H3,(H,21,22). The molecule has 0 atom stereocenters. The van der Waals surface area contributed by atoms with Crippen molar-refractivity contribution < 1.29 is 9.47 Å². The van der Waals surface area contributed by atoms with E-state index in [1.54, 1.807) is 0 Å². The van der Waals surface area contributed by atoms with E-state index in [-0.39, 0.29) is 0 Å². The Hall–Kier alpha value is -1.91. The molecule has 0 bridgehead atoms. The Kier molecular flexibility index (Phi) is 4.73. The van der Waals surface area contributed by atoms with Crippen molar-refractivity contribution >= 4 is 5.96 Å². The zero-order valence-corrected chi connectivity index (χ0v) is 15.2. The summed E-state index contributed by atoms with van der Waals surface area (Å²) in [5.74, 6) is 2.76. The predicted octanol–water partition coefficient (Wildman–Crippen LogP) is 3.19. The van der Waals surface area contributed by atoms with Crippen LogP contribution in [0.15, 0.2) is 23.2 Å². The number of nitrogens with one attached hydrogen (secondary N) is 1. The number of fused-ring (bicyclic) bond motifs is 1. The number of hydrogen-bond acceptors (Lipinski definition) is 3. The van der Waals surface area contributed by atoms with Gasteiger partial charge >= 0.3 is 0 Å². The Morgan fingerprint density at radius 2 is 2.00 bits per heavy atom. The van der Waals surface area contributed by atoms with Crippen LogP contribution in [0.25, 0.3) is 0 Å². The summed E-state index contributed by atoms with van der Waals surface area (Å²) in [6.45, 7) is 7.46. The van der Waals surface area contributed by atoms with E-state index in [1.165, 1.54) is 32.2 Å². The molecule has 2 aliphatic heterocycles. The summed E-state index contributed by atoms with van der Waals surface area (Å²) in [7, 11) is 0. The molecule has 0 amide bonds. The van der Waals surface area contributed by atoms with Crippen molar-refractivity contribution in [3.05, 3.63) is 23.8 Å². The maximum absolute atomic E-state index is 5.79. The zero-order chi connectivity index (χ0) is 17.1. The second-order valence-electron chi connectivity index (χ2n) is 7.53. The largest absolute Gasteiger partial charge is 0.490 e. The normalized spacial score (nSPS) is 21.8. The van der Waals surface area contributed by atoms with Gasteiger partial charge in [-0.2, -0.15) is 0 Å². The van der Waals surface area contributed by atoms with Gasteiger partial charge in [0, 0.05) is 26.1 Å². The van der Waals surface area contributed by atoms with Crippen molar-refractivity contribution in [1.29, 1.82) is 0 Å². The molecular weight excluding hydrogens is 314 g/mol. The van der Waals surface area contributed by atoms with Crippen LogP contribution in [0.2, 0.25) is 0 Å². The minimum absolute atomic E-state index is 0.589. The van der Waals surface area contributed by atoms with Gasteiger partial charge in [0.05, 0.1) is 19.8 Å². The number of likely N-dealkylation sites (tertiary alicyclic amines) is 1. The highest BCUT2D eigenvalue weighted by molar-refractivity contribution is 5.80. The number of ether oxygens (including phenoxy) is 2. The van der Waals surface area contributed by atoms with Gasteiger partial charge in [-0.1, -0.05) is 12.5 Å². The fourth-order valence-electron chi connectivity index (χ4n) is 4.10. The summed E-state index contributed by atoms with van der Waals surface area (Å²) in [6, 6.07) is 6.18. The molecule has 0 aromatic heterocycles. The first-order valence-electron chi connectivity index (χ1n) is 9.70. The van der Waals surface area contributed by atoms with Gasteiger partial charge in [-0.05, 0) is 49.3 Å². The lowest BCUT2D eigenvalue weighted by atomic mass is 9.68. The van der Waals surface area contributed by atoms with E-state index in [0.29, 0.717) is 12.0 Å². The van der Waals surface area contributed by atoms with Gasteiger partial charge < -0.3 is 19.7 Å². The molecule has 0 radical (unpaired) electrons. The van der Waals surface area contributed by atoms with Crippen LogP contribution in [-0.4, -0.2) is 43.7 Å². The van der Waals surface area contributed by atoms with E-state index in [4.69, 9.17) is 14.5 Å². The molecule has 1 aliphatic carbocycles. The molecule has 136 valence electrons. The van der Waals surface area contributed by atoms with Crippen LogP contribution < -0.4 is 14.8 Å². The van der Waals surface area contributed by atoms with Gasteiger partial charge in [-0.15, -0.1) is 0 Å². The van der Waals surface area contributed by atoms with Gasteiger partial charge in [0.1, 0.15) is 0 Å². The van der Waals surface area contributed by atoms with Crippen LogP contribution in [0.1, 0.15) is 44.6 Å². The molecule has 2 heterocycles. The van der Waals surface area contributed by atoms with E-state index >= 15 is 0 Å². The first-order valence-corrected chi connectivity index (χ1v) is 9.70. The summed E-state index contributed by atoms with van der Waals surface area (Å²) in [5, 5.41) is 3.47. The number of nitrogens with zero attached hydrogens (tertiary/aromatic N) is 2. The Labute approximate surface area is 150 Å². The third-order valence-corrected chi connectivity index (χ3v) is 5.71. The summed E-state index contributed by atoms with van der Waals surface area (Å²) < 4.78 is 11.5. The highest BCUT2D eigenvalue weighted by Crippen LogP contribution is 2.47. The molecule has 5 heteroatoms. The second kappa shape index (κ2) is 7.14. The van der Waals surface area contributed by atoms with Crippen LogP contribution in [-0.2, 0) is 6.54 Å². The van der Waals surface area contributed by atoms with Crippen molar-refractivity contribution in [2.24, 2.45) is 10.4 Å². The highest BCUT2D eigenvalue weighted by Gasteiger charge is 2.43. The summed E-state index contributed by atoms with van der Waals surface area (Å²) >= 11 is 0. The SMILES string of the molecule is CCNC(=NCc1ccc2c(c1)OCCCO2)N1CCC2(CCC2)C1. The Morgan fingerprint density at radius 1 is 1.16 bits per heavy atom. The van der Waals surface area contributed by atoms with E-state index in [2.05, 4.69) is 29.3 Å². The summed E-state index contributed by atoms with van der Waals surface area (Å²) in [6.07, 6.45) is 6.44. The van der Waals surface area contributed by atoms with Gasteiger partial charge in [-0.3, -0.25) is 0 Å². The minimum Gasteiger partial charge on any atom is -0.490 e. The quantitative estimate of drug-likeness (QED) is 0.676. The van der Waals surface area contributed by atoms with E-state index in [1.807, 2.05) is 6.07 Å². The summed E-state index contributed by atoms with van der Waals surface area (Å²) in [5.41, 5.74) is 1.75. The maximum Gasteiger partial charge on any atom is 0.194 e. The van der Waals surface area contributed by atoms with Crippen LogP contribution in [0, 0.1) is 5.41 Å². The molecule has 1 saturated heterocycles. The van der Waals surface area contributed by atoms with E-state index in [0.717, 1.165) is 55.7 Å². The first kappa shape index (κ1) is 16.6. The van der Waals surface area contributed by atoms with Gasteiger partial charge in [-0.25, -0.2) is 4.99 Å². The van der Waals surface area contributed by atoms with E-state index in [9.17, 15) is 0 Å². The molecular formula is C20H29N3O2. The number of hydrogen-bond donors (Lipinski definition) is 1. The Balaban J connectivity index is 1.45. The maximum atomic E-state index is 5.79. The van der Waals surface area contributed by atoms with Crippen LogP contribution >= 0.6 is 0 Å². The molecule has 0 unspecified atom stereocenters. The molecule has 4 rings (SSSR count). The lowest BCUT2D eigenvalue weighted by molar-refractivity contribution is 0.151. The topological polar surface area (TPSA) is 46.1 Å². The van der Waals surface area contributed by atoms with Crippen molar-refractivity contribution in [2.75, 3.05) is 32.8 Å². The van der Waals surface area contributed by atoms with Crippen LogP contribution in [0.3, 0.4) is 0 Å². The average molecular weight is 343 g/mol. The third kappa shape index (κ3) is 3.55. The lowest BCUT2D eigenvalue weighted by Gasteiger charge is -2.38. The Morgan fingerprint density at radius 3 is 2.72 bits per heavy atom. The molecule has 1 N–H and O–H groups in total. The van der Waals surface area contributed by atoms with Crippen molar-refractivity contribution in [2.45, 2.75) is 45.6 Å². The smallest absolute Gasteiger partial charge is 0.194 e. The summed E-state index contributed by atoms with van der Waals surface area (Å²) in [4.78, 5) is 7.35. The Bertz CT molecular complexity index is 640. The van der Waals surface area contributed by atoms with Gasteiger partial charge in [0.2, 0.25) is 0 Å². The van der Waals surface area contributed by atoms with Crippen LogP contribution in [0.4, 0.5) is 0 Å². The molecule has 5 nitrogen and oxygen atoms in total. The molecule has 1 spiro atoms. The van der Waals surface area contributed by atoms with Crippen molar-refractivity contribution in [1.82, 2.24) is 10.2 Å². The molecule has 25 heavy (non-hydrogen) atoms. The molecule has 3 aliphatic rings. The zero-order valence-electron chi connectivity index (χ0n) is 15.2. The van der Waals surface area contributed by atoms with Gasteiger partial charge in [0.25, 0.3) is 0 Å². The minimum atomic E-state index is 0.589. The number of aliphatic imine (C=N–C) groups is 1. The van der Waals surface area contributed by atoms with Crippen molar-refractivity contribution in [3.8, 4) is 11.5 Å². The second-order valence-corrected chi connectivity index (χ2v) is 7.53. The lowest BCUT2D eigenvalue weighted by Crippen LogP contribution is -2.42. The fraction of sp³-hybridized carbons (Fsp3) is 0.650. The first-order chi connectivity index (χ1) is 12.3. The van der Waals surface area contributed by atoms with E-state index < -0.39 is 0 Å². The molecule has 2 fully saturated rings. The average Bonchev–Trinajstić information content (AvgIpc) is 2.93. The van der Waals surface area contributed by atoms with Crippen LogP contribution in [0.5, 0.6) is 11.5 Å². The van der Waals surface area contributed by atoms with Crippen molar-refractivity contribution in [3.63, 3.8) is 0 Å². The number of benzene rings is 1. The number of guanidine groups is 1. The number of rotatable bonds is 3. The molecule has 1 aromatic rings. The molecule has 1 aromatic carbocycles. The fourth-order valence-corrected chi connectivity index (χ4v) is 4.10. The third-order valence-electron chi connectivity index (χ3n) is 5.71. The predicted molar refractivity (Wildman–Crippen MR) is 99.3 cm³/mol.